The molecule has 1 heterocycles. The van der Waals surface area contributed by atoms with E-state index < -0.39 is 0 Å². The molecule has 0 spiro atoms. The Balaban J connectivity index is 2.49. The van der Waals surface area contributed by atoms with Gasteiger partial charge in [0.2, 0.25) is 0 Å². The quantitative estimate of drug-likeness (QED) is 0.914. The van der Waals surface area contributed by atoms with E-state index in [1.54, 1.807) is 38.7 Å². The third-order valence-corrected chi connectivity index (χ3v) is 3.67. The highest BCUT2D eigenvalue weighted by atomic mass is 32.1. The van der Waals surface area contributed by atoms with Gasteiger partial charge in [0.25, 0.3) is 0 Å². The number of benzene rings is 1. The van der Waals surface area contributed by atoms with E-state index >= 15 is 0 Å². The maximum atomic E-state index is 6.28. The summed E-state index contributed by atoms with van der Waals surface area (Å²) >= 11 is 1.62. The van der Waals surface area contributed by atoms with E-state index in [0.717, 1.165) is 11.1 Å². The Kier molecular flexibility index (Phi) is 4.29. The molecular weight excluding hydrogens is 262 g/mol. The Morgan fingerprint density at radius 2 is 1.63 bits per heavy atom. The van der Waals surface area contributed by atoms with Crippen molar-refractivity contribution in [3.05, 3.63) is 40.1 Å². The van der Waals surface area contributed by atoms with Gasteiger partial charge in [-0.25, -0.2) is 0 Å². The van der Waals surface area contributed by atoms with Crippen molar-refractivity contribution in [1.29, 1.82) is 0 Å². The molecule has 2 aromatic rings. The molecule has 0 saturated heterocycles. The van der Waals surface area contributed by atoms with Gasteiger partial charge in [-0.1, -0.05) is 0 Å². The van der Waals surface area contributed by atoms with Gasteiger partial charge < -0.3 is 19.9 Å². The van der Waals surface area contributed by atoms with Crippen molar-refractivity contribution in [3.63, 3.8) is 0 Å². The van der Waals surface area contributed by atoms with Crippen LogP contribution in [-0.2, 0) is 0 Å². The Labute approximate surface area is 116 Å². The van der Waals surface area contributed by atoms with Gasteiger partial charge in [0.15, 0.2) is 11.5 Å². The molecule has 1 aromatic carbocycles. The van der Waals surface area contributed by atoms with Crippen molar-refractivity contribution in [3.8, 4) is 17.2 Å². The minimum atomic E-state index is -0.249. The van der Waals surface area contributed by atoms with E-state index in [9.17, 15) is 0 Å². The summed E-state index contributed by atoms with van der Waals surface area (Å²) in [5.41, 5.74) is 8.21. The van der Waals surface area contributed by atoms with Crippen LogP contribution in [0.15, 0.2) is 29.0 Å². The summed E-state index contributed by atoms with van der Waals surface area (Å²) in [5.74, 6) is 1.96. The molecule has 102 valence electrons. The molecule has 0 aliphatic rings. The third kappa shape index (κ3) is 2.67. The molecule has 0 saturated carbocycles. The molecule has 1 aromatic heterocycles. The standard InChI is InChI=1S/C14H17NO3S/c1-16-11-7-13(18-3)12(17-2)6-10(11)14(15)9-4-5-19-8-9/h4-8,14H,15H2,1-3H3/t14-/m0/s1. The lowest BCUT2D eigenvalue weighted by molar-refractivity contribution is 0.347. The summed E-state index contributed by atoms with van der Waals surface area (Å²) in [5, 5.41) is 4.03. The lowest BCUT2D eigenvalue weighted by Crippen LogP contribution is -2.12. The predicted molar refractivity (Wildman–Crippen MR) is 76.4 cm³/mol. The molecule has 0 radical (unpaired) electrons. The van der Waals surface area contributed by atoms with Gasteiger partial charge in [-0.3, -0.25) is 0 Å². The number of rotatable bonds is 5. The van der Waals surface area contributed by atoms with Crippen LogP contribution in [-0.4, -0.2) is 21.3 Å². The van der Waals surface area contributed by atoms with Crippen LogP contribution in [0.3, 0.4) is 0 Å². The average Bonchev–Trinajstić information content (AvgIpc) is 2.99. The van der Waals surface area contributed by atoms with Gasteiger partial charge in [-0.15, -0.1) is 0 Å². The van der Waals surface area contributed by atoms with Crippen molar-refractivity contribution < 1.29 is 14.2 Å². The van der Waals surface area contributed by atoms with E-state index in [-0.39, 0.29) is 6.04 Å². The molecule has 0 fully saturated rings. The summed E-state index contributed by atoms with van der Waals surface area (Å²) < 4.78 is 16.0. The van der Waals surface area contributed by atoms with Crippen LogP contribution in [0.25, 0.3) is 0 Å². The summed E-state index contributed by atoms with van der Waals surface area (Å²) in [6.07, 6.45) is 0. The highest BCUT2D eigenvalue weighted by Crippen LogP contribution is 2.38. The van der Waals surface area contributed by atoms with E-state index in [0.29, 0.717) is 17.2 Å². The molecule has 1 atom stereocenters. The lowest BCUT2D eigenvalue weighted by Gasteiger charge is -2.18. The first-order valence-corrected chi connectivity index (χ1v) is 6.73. The number of methoxy groups -OCH3 is 3. The van der Waals surface area contributed by atoms with Crippen molar-refractivity contribution in [1.82, 2.24) is 0 Å². The molecule has 2 N–H and O–H groups in total. The van der Waals surface area contributed by atoms with Gasteiger partial charge >= 0.3 is 0 Å². The van der Waals surface area contributed by atoms with Crippen molar-refractivity contribution >= 4 is 11.3 Å². The van der Waals surface area contributed by atoms with Crippen molar-refractivity contribution in [2.45, 2.75) is 6.04 Å². The summed E-state index contributed by atoms with van der Waals surface area (Å²) in [6, 6.07) is 5.41. The van der Waals surface area contributed by atoms with E-state index in [1.165, 1.54) is 0 Å². The molecule has 19 heavy (non-hydrogen) atoms. The zero-order chi connectivity index (χ0) is 13.8. The molecule has 5 heteroatoms. The highest BCUT2D eigenvalue weighted by Gasteiger charge is 2.18. The Morgan fingerprint density at radius 3 is 2.16 bits per heavy atom. The number of thiophene rings is 1. The van der Waals surface area contributed by atoms with Gasteiger partial charge in [0.1, 0.15) is 5.75 Å². The number of hydrogen-bond acceptors (Lipinski definition) is 5. The second kappa shape index (κ2) is 5.95. The van der Waals surface area contributed by atoms with Crippen LogP contribution >= 0.6 is 11.3 Å². The molecule has 0 unspecified atom stereocenters. The monoisotopic (exact) mass is 279 g/mol. The Morgan fingerprint density at radius 1 is 1.00 bits per heavy atom. The molecule has 2 rings (SSSR count). The van der Waals surface area contributed by atoms with E-state index in [1.807, 2.05) is 22.9 Å². The Bertz CT molecular complexity index is 540. The summed E-state index contributed by atoms with van der Waals surface area (Å²) in [4.78, 5) is 0. The normalized spacial score (nSPS) is 12.0. The minimum absolute atomic E-state index is 0.249. The van der Waals surface area contributed by atoms with Crippen LogP contribution < -0.4 is 19.9 Å². The molecule has 0 bridgehead atoms. The fraction of sp³-hybridized carbons (Fsp3) is 0.286. The highest BCUT2D eigenvalue weighted by molar-refractivity contribution is 7.08. The van der Waals surface area contributed by atoms with E-state index in [2.05, 4.69) is 0 Å². The second-order valence-electron chi connectivity index (χ2n) is 3.98. The largest absolute Gasteiger partial charge is 0.496 e. The van der Waals surface area contributed by atoms with Crippen LogP contribution in [0.5, 0.6) is 17.2 Å². The third-order valence-electron chi connectivity index (χ3n) is 2.97. The first-order valence-electron chi connectivity index (χ1n) is 5.78. The maximum Gasteiger partial charge on any atom is 0.164 e. The molecular formula is C14H17NO3S. The zero-order valence-electron chi connectivity index (χ0n) is 11.2. The number of nitrogens with two attached hydrogens (primary N) is 1. The molecule has 4 nitrogen and oxygen atoms in total. The summed E-state index contributed by atoms with van der Waals surface area (Å²) in [7, 11) is 4.81. The number of hydrogen-bond donors (Lipinski definition) is 1. The van der Waals surface area contributed by atoms with Gasteiger partial charge in [-0.2, -0.15) is 11.3 Å². The van der Waals surface area contributed by atoms with E-state index in [4.69, 9.17) is 19.9 Å². The average molecular weight is 279 g/mol. The van der Waals surface area contributed by atoms with Crippen LogP contribution in [0.2, 0.25) is 0 Å². The Hall–Kier alpha value is -1.72. The first kappa shape index (κ1) is 13.7. The van der Waals surface area contributed by atoms with Gasteiger partial charge in [0.05, 0.1) is 27.4 Å². The van der Waals surface area contributed by atoms with Crippen LogP contribution in [0.4, 0.5) is 0 Å². The number of ether oxygens (including phenoxy) is 3. The minimum Gasteiger partial charge on any atom is -0.496 e. The smallest absolute Gasteiger partial charge is 0.164 e. The topological polar surface area (TPSA) is 53.7 Å². The fourth-order valence-corrected chi connectivity index (χ4v) is 2.62. The van der Waals surface area contributed by atoms with Gasteiger partial charge in [-0.05, 0) is 28.5 Å². The van der Waals surface area contributed by atoms with Crippen molar-refractivity contribution in [2.75, 3.05) is 21.3 Å². The van der Waals surface area contributed by atoms with Gasteiger partial charge in [0, 0.05) is 11.6 Å². The molecule has 0 amide bonds. The fourth-order valence-electron chi connectivity index (χ4n) is 1.93. The lowest BCUT2D eigenvalue weighted by atomic mass is 10.0. The maximum absolute atomic E-state index is 6.28. The second-order valence-corrected chi connectivity index (χ2v) is 4.76. The van der Waals surface area contributed by atoms with Crippen LogP contribution in [0, 0.1) is 0 Å². The zero-order valence-corrected chi connectivity index (χ0v) is 12.0. The molecule has 0 aliphatic carbocycles. The van der Waals surface area contributed by atoms with Crippen LogP contribution in [0.1, 0.15) is 17.2 Å². The predicted octanol–water partition coefficient (Wildman–Crippen LogP) is 2.82. The summed E-state index contributed by atoms with van der Waals surface area (Å²) in [6.45, 7) is 0. The van der Waals surface area contributed by atoms with Crippen molar-refractivity contribution in [2.24, 2.45) is 5.73 Å². The first-order chi connectivity index (χ1) is 9.21. The molecule has 0 aliphatic heterocycles. The SMILES string of the molecule is COc1cc(OC)c([C@@H](N)c2ccsc2)cc1OC.